The zero-order valence-electron chi connectivity index (χ0n) is 13.6. The molecule has 24 heavy (non-hydrogen) atoms. The second-order valence-electron chi connectivity index (χ2n) is 5.60. The number of rotatable bonds is 7. The van der Waals surface area contributed by atoms with Crippen LogP contribution in [0.25, 0.3) is 0 Å². The van der Waals surface area contributed by atoms with E-state index in [9.17, 15) is 4.79 Å². The minimum absolute atomic E-state index is 0.117. The number of pyridine rings is 1. The highest BCUT2D eigenvalue weighted by molar-refractivity contribution is 6.42. The van der Waals surface area contributed by atoms with E-state index in [1.807, 2.05) is 14.1 Å². The van der Waals surface area contributed by atoms with Crippen LogP contribution in [0.3, 0.4) is 0 Å². The molecule has 2 rings (SSSR count). The van der Waals surface area contributed by atoms with E-state index in [0.29, 0.717) is 28.0 Å². The first kappa shape index (κ1) is 18.5. The van der Waals surface area contributed by atoms with E-state index in [2.05, 4.69) is 20.5 Å². The molecule has 1 heterocycles. The molecule has 0 aliphatic carbocycles. The first-order chi connectivity index (χ1) is 11.5. The van der Waals surface area contributed by atoms with Crippen LogP contribution in [-0.4, -0.2) is 43.0 Å². The van der Waals surface area contributed by atoms with Crippen LogP contribution in [0.2, 0.25) is 10.0 Å². The maximum Gasteiger partial charge on any atom is 0.251 e. The molecule has 7 heteroatoms. The third kappa shape index (κ3) is 5.67. The van der Waals surface area contributed by atoms with Gasteiger partial charge in [-0.3, -0.25) is 4.79 Å². The third-order valence-corrected chi connectivity index (χ3v) is 4.02. The smallest absolute Gasteiger partial charge is 0.251 e. The van der Waals surface area contributed by atoms with Gasteiger partial charge >= 0.3 is 0 Å². The number of nitrogens with one attached hydrogen (secondary N) is 2. The maximum absolute atomic E-state index is 12.2. The Morgan fingerprint density at radius 3 is 2.67 bits per heavy atom. The summed E-state index contributed by atoms with van der Waals surface area (Å²) in [5, 5.41) is 6.95. The van der Waals surface area contributed by atoms with E-state index in [-0.39, 0.29) is 5.91 Å². The summed E-state index contributed by atoms with van der Waals surface area (Å²) in [5.74, 6) is 0.447. The molecule has 0 radical (unpaired) electrons. The van der Waals surface area contributed by atoms with Gasteiger partial charge < -0.3 is 15.5 Å². The van der Waals surface area contributed by atoms with Crippen molar-refractivity contribution in [3.63, 3.8) is 0 Å². The zero-order valence-corrected chi connectivity index (χ0v) is 15.2. The molecule has 0 bridgehead atoms. The van der Waals surface area contributed by atoms with E-state index >= 15 is 0 Å². The summed E-state index contributed by atoms with van der Waals surface area (Å²) in [7, 11) is 4.01. The molecule has 1 aromatic carbocycles. The molecule has 128 valence electrons. The number of carbonyl (C=O) groups is 1. The predicted octanol–water partition coefficient (Wildman–Crippen LogP) is 3.81. The number of carbonyl (C=O) groups excluding carboxylic acids is 1. The summed E-state index contributed by atoms with van der Waals surface area (Å²) in [6.45, 7) is 1.57. The van der Waals surface area contributed by atoms with E-state index in [0.717, 1.165) is 18.7 Å². The van der Waals surface area contributed by atoms with Crippen LogP contribution in [0.4, 0.5) is 11.5 Å². The van der Waals surface area contributed by atoms with Crippen LogP contribution in [-0.2, 0) is 0 Å². The van der Waals surface area contributed by atoms with Crippen LogP contribution in [0.1, 0.15) is 16.8 Å². The van der Waals surface area contributed by atoms with Crippen LogP contribution < -0.4 is 10.6 Å². The van der Waals surface area contributed by atoms with E-state index in [4.69, 9.17) is 23.2 Å². The SMILES string of the molecule is CN(C)CCCNC(=O)c1ccnc(Nc2ccc(Cl)c(Cl)c2)c1. The number of benzene rings is 1. The highest BCUT2D eigenvalue weighted by atomic mass is 35.5. The Bertz CT molecular complexity index is 707. The molecule has 0 saturated heterocycles. The van der Waals surface area contributed by atoms with Gasteiger partial charge in [0.05, 0.1) is 10.0 Å². The number of aromatic nitrogens is 1. The summed E-state index contributed by atoms with van der Waals surface area (Å²) in [4.78, 5) is 18.5. The Kier molecular flexibility index (Phi) is 6.85. The lowest BCUT2D eigenvalue weighted by atomic mass is 10.2. The minimum atomic E-state index is -0.117. The van der Waals surface area contributed by atoms with Gasteiger partial charge in [-0.2, -0.15) is 0 Å². The minimum Gasteiger partial charge on any atom is -0.352 e. The Morgan fingerprint density at radius 1 is 1.17 bits per heavy atom. The average Bonchev–Trinajstić information content (AvgIpc) is 2.55. The van der Waals surface area contributed by atoms with Gasteiger partial charge in [0.15, 0.2) is 0 Å². The molecule has 0 saturated carbocycles. The standard InChI is InChI=1S/C17H20Cl2N4O/c1-23(2)9-3-7-21-17(24)12-6-8-20-16(10-12)22-13-4-5-14(18)15(19)11-13/h4-6,8,10-11H,3,7,9H2,1-2H3,(H,20,22)(H,21,24). The quantitative estimate of drug-likeness (QED) is 0.731. The molecule has 0 fully saturated rings. The lowest BCUT2D eigenvalue weighted by Gasteiger charge is -2.11. The molecule has 1 aromatic heterocycles. The molecule has 5 nitrogen and oxygen atoms in total. The molecule has 0 unspecified atom stereocenters. The number of nitrogens with zero attached hydrogens (tertiary/aromatic N) is 2. The number of hydrogen-bond acceptors (Lipinski definition) is 4. The van der Waals surface area contributed by atoms with Crippen molar-refractivity contribution in [1.82, 2.24) is 15.2 Å². The lowest BCUT2D eigenvalue weighted by Crippen LogP contribution is -2.27. The van der Waals surface area contributed by atoms with Crippen LogP contribution >= 0.6 is 23.2 Å². The van der Waals surface area contributed by atoms with Crippen molar-refractivity contribution in [3.05, 3.63) is 52.1 Å². The highest BCUT2D eigenvalue weighted by Crippen LogP contribution is 2.26. The Balaban J connectivity index is 1.97. The first-order valence-electron chi connectivity index (χ1n) is 7.57. The topological polar surface area (TPSA) is 57.3 Å². The molecule has 0 atom stereocenters. The van der Waals surface area contributed by atoms with Crippen molar-refractivity contribution >= 4 is 40.6 Å². The molecule has 1 amide bonds. The van der Waals surface area contributed by atoms with Gasteiger partial charge in [-0.1, -0.05) is 23.2 Å². The fraction of sp³-hybridized carbons (Fsp3) is 0.294. The van der Waals surface area contributed by atoms with Crippen LogP contribution in [0, 0.1) is 0 Å². The maximum atomic E-state index is 12.2. The molecule has 2 N–H and O–H groups in total. The summed E-state index contributed by atoms with van der Waals surface area (Å²) in [6.07, 6.45) is 2.49. The second-order valence-corrected chi connectivity index (χ2v) is 6.41. The normalized spacial score (nSPS) is 10.7. The zero-order chi connectivity index (χ0) is 17.5. The van der Waals surface area contributed by atoms with E-state index < -0.39 is 0 Å². The fourth-order valence-corrected chi connectivity index (χ4v) is 2.36. The van der Waals surface area contributed by atoms with E-state index in [1.165, 1.54) is 0 Å². The average molecular weight is 367 g/mol. The van der Waals surface area contributed by atoms with Gasteiger partial charge in [0.25, 0.3) is 5.91 Å². The number of hydrogen-bond donors (Lipinski definition) is 2. The Labute approximate surface area is 152 Å². The fourth-order valence-electron chi connectivity index (χ4n) is 2.06. The third-order valence-electron chi connectivity index (χ3n) is 3.28. The highest BCUT2D eigenvalue weighted by Gasteiger charge is 2.07. The van der Waals surface area contributed by atoms with Crippen molar-refractivity contribution in [2.45, 2.75) is 6.42 Å². The Morgan fingerprint density at radius 2 is 1.96 bits per heavy atom. The van der Waals surface area contributed by atoms with Crippen molar-refractivity contribution in [2.75, 3.05) is 32.5 Å². The molecular weight excluding hydrogens is 347 g/mol. The van der Waals surface area contributed by atoms with Gasteiger partial charge in [0.2, 0.25) is 0 Å². The molecule has 2 aromatic rings. The van der Waals surface area contributed by atoms with Gasteiger partial charge in [-0.25, -0.2) is 4.98 Å². The molecular formula is C17H20Cl2N4O. The summed E-state index contributed by atoms with van der Waals surface area (Å²) >= 11 is 11.9. The van der Waals surface area contributed by atoms with Gasteiger partial charge in [-0.15, -0.1) is 0 Å². The molecule has 0 spiro atoms. The predicted molar refractivity (Wildman–Crippen MR) is 99.5 cm³/mol. The van der Waals surface area contributed by atoms with Gasteiger partial charge in [-0.05, 0) is 57.4 Å². The van der Waals surface area contributed by atoms with E-state index in [1.54, 1.807) is 36.5 Å². The summed E-state index contributed by atoms with van der Waals surface area (Å²) in [6, 6.07) is 8.59. The lowest BCUT2D eigenvalue weighted by molar-refractivity contribution is 0.0952. The van der Waals surface area contributed by atoms with Gasteiger partial charge in [0, 0.05) is 24.0 Å². The number of halogens is 2. The monoisotopic (exact) mass is 366 g/mol. The Hall–Kier alpha value is -1.82. The first-order valence-corrected chi connectivity index (χ1v) is 8.32. The number of amides is 1. The van der Waals surface area contributed by atoms with Crippen LogP contribution in [0.5, 0.6) is 0 Å². The van der Waals surface area contributed by atoms with Crippen molar-refractivity contribution in [2.24, 2.45) is 0 Å². The second kappa shape index (κ2) is 8.87. The molecule has 0 aliphatic rings. The number of anilines is 2. The van der Waals surface area contributed by atoms with Crippen molar-refractivity contribution < 1.29 is 4.79 Å². The van der Waals surface area contributed by atoms with Gasteiger partial charge in [0.1, 0.15) is 5.82 Å². The van der Waals surface area contributed by atoms with Crippen molar-refractivity contribution in [3.8, 4) is 0 Å². The van der Waals surface area contributed by atoms with Crippen LogP contribution in [0.15, 0.2) is 36.5 Å². The van der Waals surface area contributed by atoms with Crippen molar-refractivity contribution in [1.29, 1.82) is 0 Å². The summed E-state index contributed by atoms with van der Waals surface area (Å²) in [5.41, 5.74) is 1.30. The molecule has 0 aliphatic heterocycles. The summed E-state index contributed by atoms with van der Waals surface area (Å²) < 4.78 is 0. The largest absolute Gasteiger partial charge is 0.352 e.